The van der Waals surface area contributed by atoms with Crippen molar-refractivity contribution in [1.29, 1.82) is 0 Å². The van der Waals surface area contributed by atoms with Gasteiger partial charge in [-0.15, -0.1) is 0 Å². The van der Waals surface area contributed by atoms with Crippen molar-refractivity contribution in [2.75, 3.05) is 13.1 Å². The summed E-state index contributed by atoms with van der Waals surface area (Å²) in [5.74, 6) is 0. The molecule has 1 aliphatic heterocycles. The van der Waals surface area contributed by atoms with Crippen LogP contribution < -0.4 is 10.6 Å². The van der Waals surface area contributed by atoms with E-state index in [2.05, 4.69) is 41.8 Å². The largest absolute Gasteiger partial charge is 0.315 e. The minimum atomic E-state index is 0.662. The predicted octanol–water partition coefficient (Wildman–Crippen LogP) is 1.70. The zero-order valence-corrected chi connectivity index (χ0v) is 9.42. The number of nitrogens with one attached hydrogen (secondary N) is 2. The number of hydrogen-bond acceptors (Lipinski definition) is 2. The van der Waals surface area contributed by atoms with Crippen LogP contribution in [0.15, 0.2) is 24.3 Å². The molecule has 0 saturated carbocycles. The first-order valence-electron chi connectivity index (χ1n) is 5.91. The first-order valence-corrected chi connectivity index (χ1v) is 5.91. The number of rotatable bonds is 4. The molecule has 2 rings (SSSR count). The molecule has 1 unspecified atom stereocenters. The van der Waals surface area contributed by atoms with Crippen molar-refractivity contribution >= 4 is 0 Å². The van der Waals surface area contributed by atoms with Gasteiger partial charge in [0.05, 0.1) is 0 Å². The summed E-state index contributed by atoms with van der Waals surface area (Å²) in [6, 6.07) is 9.37. The van der Waals surface area contributed by atoms with Gasteiger partial charge in [0, 0.05) is 19.1 Å². The van der Waals surface area contributed by atoms with E-state index < -0.39 is 0 Å². The third-order valence-corrected chi connectivity index (χ3v) is 3.14. The van der Waals surface area contributed by atoms with Gasteiger partial charge in [-0.25, -0.2) is 0 Å². The Morgan fingerprint density at radius 3 is 2.80 bits per heavy atom. The summed E-state index contributed by atoms with van der Waals surface area (Å²) < 4.78 is 0. The molecule has 1 saturated heterocycles. The topological polar surface area (TPSA) is 24.1 Å². The SMILES string of the molecule is CCc1ccccc1CNC1CCNC1. The Balaban J connectivity index is 1.91. The average molecular weight is 204 g/mol. The maximum Gasteiger partial charge on any atom is 0.0211 e. The lowest BCUT2D eigenvalue weighted by atomic mass is 10.1. The number of hydrogen-bond donors (Lipinski definition) is 2. The van der Waals surface area contributed by atoms with E-state index in [0.29, 0.717) is 6.04 Å². The Hall–Kier alpha value is -0.860. The normalized spacial score (nSPS) is 20.7. The molecular formula is C13H20N2. The second-order valence-electron chi connectivity index (χ2n) is 4.19. The Morgan fingerprint density at radius 2 is 2.13 bits per heavy atom. The summed E-state index contributed by atoms with van der Waals surface area (Å²) in [7, 11) is 0. The van der Waals surface area contributed by atoms with Gasteiger partial charge in [-0.1, -0.05) is 31.2 Å². The molecule has 1 heterocycles. The summed E-state index contributed by atoms with van der Waals surface area (Å²) in [5, 5.41) is 6.98. The van der Waals surface area contributed by atoms with E-state index in [-0.39, 0.29) is 0 Å². The van der Waals surface area contributed by atoms with E-state index in [9.17, 15) is 0 Å². The van der Waals surface area contributed by atoms with Gasteiger partial charge in [-0.2, -0.15) is 0 Å². The standard InChI is InChI=1S/C13H20N2/c1-2-11-5-3-4-6-12(11)9-15-13-7-8-14-10-13/h3-6,13-15H,2,7-10H2,1H3. The van der Waals surface area contributed by atoms with Crippen molar-refractivity contribution in [2.24, 2.45) is 0 Å². The maximum absolute atomic E-state index is 3.61. The Kier molecular flexibility index (Phi) is 3.75. The van der Waals surface area contributed by atoms with Crippen LogP contribution in [0.4, 0.5) is 0 Å². The van der Waals surface area contributed by atoms with Gasteiger partial charge in [0.1, 0.15) is 0 Å². The van der Waals surface area contributed by atoms with Crippen LogP contribution in [-0.2, 0) is 13.0 Å². The molecule has 15 heavy (non-hydrogen) atoms. The van der Waals surface area contributed by atoms with Crippen LogP contribution >= 0.6 is 0 Å². The lowest BCUT2D eigenvalue weighted by molar-refractivity contribution is 0.546. The molecular weight excluding hydrogens is 184 g/mol. The Bertz CT molecular complexity index is 303. The lowest BCUT2D eigenvalue weighted by Crippen LogP contribution is -2.30. The summed E-state index contributed by atoms with van der Waals surface area (Å²) in [6.45, 7) is 5.51. The molecule has 1 aliphatic rings. The average Bonchev–Trinajstić information content (AvgIpc) is 2.79. The fourth-order valence-electron chi connectivity index (χ4n) is 2.16. The monoisotopic (exact) mass is 204 g/mol. The molecule has 0 amide bonds. The van der Waals surface area contributed by atoms with E-state index in [1.54, 1.807) is 0 Å². The molecule has 0 spiro atoms. The highest BCUT2D eigenvalue weighted by molar-refractivity contribution is 5.26. The highest BCUT2D eigenvalue weighted by Crippen LogP contribution is 2.10. The van der Waals surface area contributed by atoms with Crippen molar-refractivity contribution in [3.63, 3.8) is 0 Å². The summed E-state index contributed by atoms with van der Waals surface area (Å²) in [5.41, 5.74) is 2.92. The van der Waals surface area contributed by atoms with Crippen LogP contribution in [-0.4, -0.2) is 19.1 Å². The molecule has 1 fully saturated rings. The van der Waals surface area contributed by atoms with E-state index in [1.165, 1.54) is 17.5 Å². The second kappa shape index (κ2) is 5.29. The molecule has 0 aliphatic carbocycles. The molecule has 2 nitrogen and oxygen atoms in total. The van der Waals surface area contributed by atoms with Crippen molar-refractivity contribution in [3.05, 3.63) is 35.4 Å². The molecule has 0 radical (unpaired) electrons. The van der Waals surface area contributed by atoms with Crippen LogP contribution in [0.2, 0.25) is 0 Å². The van der Waals surface area contributed by atoms with E-state index >= 15 is 0 Å². The van der Waals surface area contributed by atoms with Crippen molar-refractivity contribution < 1.29 is 0 Å². The van der Waals surface area contributed by atoms with Gasteiger partial charge >= 0.3 is 0 Å². The summed E-state index contributed by atoms with van der Waals surface area (Å²) in [6.07, 6.45) is 2.38. The smallest absolute Gasteiger partial charge is 0.0211 e. The minimum absolute atomic E-state index is 0.662. The Labute approximate surface area is 92.1 Å². The van der Waals surface area contributed by atoms with Crippen molar-refractivity contribution in [1.82, 2.24) is 10.6 Å². The molecule has 1 atom stereocenters. The fourth-order valence-corrected chi connectivity index (χ4v) is 2.16. The highest BCUT2D eigenvalue weighted by Gasteiger charge is 2.13. The summed E-state index contributed by atoms with van der Waals surface area (Å²) in [4.78, 5) is 0. The maximum atomic E-state index is 3.61. The quantitative estimate of drug-likeness (QED) is 0.780. The second-order valence-corrected chi connectivity index (χ2v) is 4.19. The third kappa shape index (κ3) is 2.80. The van der Waals surface area contributed by atoms with Gasteiger partial charge in [-0.05, 0) is 30.5 Å². The zero-order chi connectivity index (χ0) is 10.5. The van der Waals surface area contributed by atoms with Gasteiger partial charge in [0.2, 0.25) is 0 Å². The predicted molar refractivity (Wildman–Crippen MR) is 63.9 cm³/mol. The van der Waals surface area contributed by atoms with Gasteiger partial charge in [0.15, 0.2) is 0 Å². The van der Waals surface area contributed by atoms with Gasteiger partial charge in [0.25, 0.3) is 0 Å². The van der Waals surface area contributed by atoms with Crippen LogP contribution in [0.3, 0.4) is 0 Å². The van der Waals surface area contributed by atoms with E-state index in [1.807, 2.05) is 0 Å². The minimum Gasteiger partial charge on any atom is -0.315 e. The molecule has 0 bridgehead atoms. The first-order chi connectivity index (χ1) is 7.40. The van der Waals surface area contributed by atoms with Crippen molar-refractivity contribution in [3.8, 4) is 0 Å². The molecule has 0 aromatic heterocycles. The molecule has 2 N–H and O–H groups in total. The molecule has 1 aromatic carbocycles. The van der Waals surface area contributed by atoms with E-state index in [0.717, 1.165) is 26.1 Å². The van der Waals surface area contributed by atoms with Crippen LogP contribution in [0, 0.1) is 0 Å². The van der Waals surface area contributed by atoms with Crippen LogP contribution in [0.5, 0.6) is 0 Å². The van der Waals surface area contributed by atoms with Gasteiger partial charge in [-0.3, -0.25) is 0 Å². The highest BCUT2D eigenvalue weighted by atomic mass is 15.0. The van der Waals surface area contributed by atoms with Crippen LogP contribution in [0.25, 0.3) is 0 Å². The Morgan fingerprint density at radius 1 is 1.33 bits per heavy atom. The summed E-state index contributed by atoms with van der Waals surface area (Å²) >= 11 is 0. The van der Waals surface area contributed by atoms with Crippen molar-refractivity contribution in [2.45, 2.75) is 32.4 Å². The number of aryl methyl sites for hydroxylation is 1. The van der Waals surface area contributed by atoms with Gasteiger partial charge < -0.3 is 10.6 Å². The van der Waals surface area contributed by atoms with E-state index in [4.69, 9.17) is 0 Å². The van der Waals surface area contributed by atoms with Crippen LogP contribution in [0.1, 0.15) is 24.5 Å². The third-order valence-electron chi connectivity index (χ3n) is 3.14. The first kappa shape index (κ1) is 10.7. The zero-order valence-electron chi connectivity index (χ0n) is 9.42. The molecule has 1 aromatic rings. The lowest BCUT2D eigenvalue weighted by Gasteiger charge is -2.13. The molecule has 2 heteroatoms. The molecule has 82 valence electrons. The fraction of sp³-hybridized carbons (Fsp3) is 0.538. The number of benzene rings is 1.